The van der Waals surface area contributed by atoms with Crippen LogP contribution in [-0.2, 0) is 6.42 Å². The van der Waals surface area contributed by atoms with Gasteiger partial charge in [-0.25, -0.2) is 4.39 Å². The number of fused-ring (bicyclic) bond motifs is 1. The molecule has 0 radical (unpaired) electrons. The molecule has 0 spiro atoms. The first-order chi connectivity index (χ1) is 10.4. The average molecular weight is 316 g/mol. The highest BCUT2D eigenvalue weighted by molar-refractivity contribution is 5.61. The molecule has 1 aromatic carbocycles. The van der Waals surface area contributed by atoms with E-state index < -0.39 is 17.9 Å². The van der Waals surface area contributed by atoms with Crippen molar-refractivity contribution >= 4 is 6.08 Å². The zero-order valence-corrected chi connectivity index (χ0v) is 12.6. The minimum Gasteiger partial charge on any atom is -0.403 e. The Morgan fingerprint density at radius 1 is 1.09 bits per heavy atom. The fourth-order valence-corrected chi connectivity index (χ4v) is 2.76. The maximum atomic E-state index is 14.1. The van der Waals surface area contributed by atoms with E-state index >= 15 is 0 Å². The summed E-state index contributed by atoms with van der Waals surface area (Å²) in [6.45, 7) is 2.15. The molecule has 2 rings (SSSR count). The van der Waals surface area contributed by atoms with E-state index in [-0.39, 0.29) is 0 Å². The highest BCUT2D eigenvalue weighted by Crippen LogP contribution is 2.34. The molecule has 1 aliphatic rings. The first kappa shape index (κ1) is 16.8. The second-order valence-corrected chi connectivity index (χ2v) is 5.61. The third-order valence-electron chi connectivity index (χ3n) is 3.88. The van der Waals surface area contributed by atoms with Crippen LogP contribution in [0.5, 0.6) is 5.75 Å². The zero-order valence-electron chi connectivity index (χ0n) is 12.6. The normalized spacial score (nSPS) is 14.5. The number of halogens is 4. The van der Waals surface area contributed by atoms with Crippen LogP contribution in [0.25, 0.3) is 6.08 Å². The van der Waals surface area contributed by atoms with Crippen molar-refractivity contribution in [3.63, 3.8) is 0 Å². The van der Waals surface area contributed by atoms with E-state index in [1.807, 2.05) is 6.08 Å². The van der Waals surface area contributed by atoms with Crippen LogP contribution < -0.4 is 4.74 Å². The van der Waals surface area contributed by atoms with Crippen molar-refractivity contribution in [3.8, 4) is 5.75 Å². The fraction of sp³-hybridized carbons (Fsp3) is 0.529. The molecule has 0 aliphatic heterocycles. The van der Waals surface area contributed by atoms with Gasteiger partial charge in [-0.3, -0.25) is 0 Å². The predicted octanol–water partition coefficient (Wildman–Crippen LogP) is 6.02. The van der Waals surface area contributed by atoms with Crippen molar-refractivity contribution in [2.75, 3.05) is 0 Å². The van der Waals surface area contributed by atoms with Gasteiger partial charge in [0.05, 0.1) is 0 Å². The van der Waals surface area contributed by atoms with Crippen molar-refractivity contribution < 1.29 is 22.3 Å². The molecule has 0 amide bonds. The van der Waals surface area contributed by atoms with Gasteiger partial charge in [-0.15, -0.1) is 13.2 Å². The quantitative estimate of drug-likeness (QED) is 0.460. The lowest BCUT2D eigenvalue weighted by molar-refractivity contribution is -0.275. The molecule has 0 fully saturated rings. The van der Waals surface area contributed by atoms with Crippen LogP contribution in [0.4, 0.5) is 17.6 Å². The number of alkyl halides is 3. The molecule has 1 nitrogen and oxygen atoms in total. The SMILES string of the molecule is CCCCCCC1=Cc2ccc(OC(F)(F)F)c(F)c2CC1. The van der Waals surface area contributed by atoms with Gasteiger partial charge in [0.25, 0.3) is 0 Å². The topological polar surface area (TPSA) is 9.23 Å². The maximum absolute atomic E-state index is 14.1. The van der Waals surface area contributed by atoms with Gasteiger partial charge in [0.1, 0.15) is 0 Å². The minimum absolute atomic E-state index is 0.319. The Balaban J connectivity index is 2.10. The first-order valence-corrected chi connectivity index (χ1v) is 7.67. The summed E-state index contributed by atoms with van der Waals surface area (Å²) >= 11 is 0. The Kier molecular flexibility index (Phi) is 5.48. The number of unbranched alkanes of at least 4 members (excludes halogenated alkanes) is 3. The van der Waals surface area contributed by atoms with E-state index in [1.165, 1.54) is 30.9 Å². The summed E-state index contributed by atoms with van der Waals surface area (Å²) in [7, 11) is 0. The summed E-state index contributed by atoms with van der Waals surface area (Å²) in [5.41, 5.74) is 2.23. The molecule has 0 bridgehead atoms. The van der Waals surface area contributed by atoms with E-state index in [1.54, 1.807) is 0 Å². The molecule has 5 heteroatoms. The predicted molar refractivity (Wildman–Crippen MR) is 78.1 cm³/mol. The van der Waals surface area contributed by atoms with Crippen LogP contribution in [0, 0.1) is 5.82 Å². The van der Waals surface area contributed by atoms with Gasteiger partial charge in [-0.1, -0.05) is 43.9 Å². The van der Waals surface area contributed by atoms with Crippen LogP contribution >= 0.6 is 0 Å². The molecule has 1 aliphatic carbocycles. The van der Waals surface area contributed by atoms with E-state index in [0.717, 1.165) is 18.9 Å². The Morgan fingerprint density at radius 3 is 2.55 bits per heavy atom. The fourth-order valence-electron chi connectivity index (χ4n) is 2.76. The Hall–Kier alpha value is -1.52. The van der Waals surface area contributed by atoms with Gasteiger partial charge in [-0.2, -0.15) is 0 Å². The third-order valence-corrected chi connectivity index (χ3v) is 3.88. The standard InChI is InChI=1S/C17H20F4O/c1-2-3-4-5-6-12-7-9-14-13(11-12)8-10-15(16(14)18)22-17(19,20)21/h8,10-11H,2-7,9H2,1H3. The van der Waals surface area contributed by atoms with E-state index in [2.05, 4.69) is 11.7 Å². The van der Waals surface area contributed by atoms with E-state index in [9.17, 15) is 17.6 Å². The van der Waals surface area contributed by atoms with Crippen LogP contribution in [0.15, 0.2) is 17.7 Å². The highest BCUT2D eigenvalue weighted by atomic mass is 19.4. The molecule has 0 heterocycles. The molecular formula is C17H20F4O. The summed E-state index contributed by atoms with van der Waals surface area (Å²) in [6.07, 6.45) is 3.80. The Bertz CT molecular complexity index is 546. The molecule has 0 N–H and O–H groups in total. The number of hydrogen-bond donors (Lipinski definition) is 0. The second-order valence-electron chi connectivity index (χ2n) is 5.61. The number of allylic oxidation sites excluding steroid dienone is 1. The number of rotatable bonds is 6. The molecular weight excluding hydrogens is 296 g/mol. The average Bonchev–Trinajstić information content (AvgIpc) is 2.45. The van der Waals surface area contributed by atoms with Gasteiger partial charge >= 0.3 is 6.36 Å². The largest absolute Gasteiger partial charge is 0.573 e. The van der Waals surface area contributed by atoms with Crippen molar-refractivity contribution in [1.82, 2.24) is 0 Å². The van der Waals surface area contributed by atoms with E-state index in [4.69, 9.17) is 0 Å². The summed E-state index contributed by atoms with van der Waals surface area (Å²) in [6, 6.07) is 2.56. The van der Waals surface area contributed by atoms with Gasteiger partial charge in [0.2, 0.25) is 0 Å². The minimum atomic E-state index is -4.87. The Morgan fingerprint density at radius 2 is 1.86 bits per heavy atom. The van der Waals surface area contributed by atoms with Crippen LogP contribution in [0.2, 0.25) is 0 Å². The second kappa shape index (κ2) is 7.16. The molecule has 0 saturated heterocycles. The number of benzene rings is 1. The van der Waals surface area contributed by atoms with Gasteiger partial charge in [0, 0.05) is 0 Å². The van der Waals surface area contributed by atoms with Gasteiger partial charge in [0.15, 0.2) is 11.6 Å². The molecule has 0 unspecified atom stereocenters. The van der Waals surface area contributed by atoms with Crippen molar-refractivity contribution in [2.24, 2.45) is 0 Å². The van der Waals surface area contributed by atoms with Crippen molar-refractivity contribution in [2.45, 2.75) is 58.2 Å². The van der Waals surface area contributed by atoms with Gasteiger partial charge in [-0.05, 0) is 42.9 Å². The third kappa shape index (κ3) is 4.49. The summed E-state index contributed by atoms with van der Waals surface area (Å²) in [5.74, 6) is -1.64. The molecule has 0 aromatic heterocycles. The van der Waals surface area contributed by atoms with Crippen molar-refractivity contribution in [3.05, 3.63) is 34.6 Å². The molecule has 0 atom stereocenters. The van der Waals surface area contributed by atoms with Crippen LogP contribution in [0.3, 0.4) is 0 Å². The smallest absolute Gasteiger partial charge is 0.403 e. The van der Waals surface area contributed by atoms with E-state index in [0.29, 0.717) is 24.0 Å². The lowest BCUT2D eigenvalue weighted by Crippen LogP contribution is -2.18. The van der Waals surface area contributed by atoms with Crippen LogP contribution in [-0.4, -0.2) is 6.36 Å². The van der Waals surface area contributed by atoms with Crippen LogP contribution in [0.1, 0.15) is 56.6 Å². The molecule has 0 saturated carbocycles. The molecule has 22 heavy (non-hydrogen) atoms. The lowest BCUT2D eigenvalue weighted by atomic mass is 9.89. The highest BCUT2D eigenvalue weighted by Gasteiger charge is 2.33. The molecule has 122 valence electrons. The molecule has 1 aromatic rings. The van der Waals surface area contributed by atoms with Crippen molar-refractivity contribution in [1.29, 1.82) is 0 Å². The maximum Gasteiger partial charge on any atom is 0.573 e. The monoisotopic (exact) mass is 316 g/mol. The lowest BCUT2D eigenvalue weighted by Gasteiger charge is -2.19. The summed E-state index contributed by atoms with van der Waals surface area (Å²) in [5, 5.41) is 0. The number of hydrogen-bond acceptors (Lipinski definition) is 1. The van der Waals surface area contributed by atoms with Gasteiger partial charge < -0.3 is 4.74 Å². The summed E-state index contributed by atoms with van der Waals surface area (Å²) < 4.78 is 54.5. The number of ether oxygens (including phenoxy) is 1. The first-order valence-electron chi connectivity index (χ1n) is 7.67. The summed E-state index contributed by atoms with van der Waals surface area (Å²) in [4.78, 5) is 0. The Labute approximate surface area is 128 Å². The zero-order chi connectivity index (χ0) is 16.2.